The molecule has 1 saturated heterocycles. The Morgan fingerprint density at radius 2 is 2.09 bits per heavy atom. The molecule has 2 aromatic rings. The fourth-order valence-electron chi connectivity index (χ4n) is 2.65. The van der Waals surface area contributed by atoms with E-state index in [1.807, 2.05) is 11.4 Å². The third-order valence-corrected chi connectivity index (χ3v) is 4.44. The summed E-state index contributed by atoms with van der Waals surface area (Å²) >= 11 is 1.56. The molecular weight excluding hydrogens is 302 g/mol. The summed E-state index contributed by atoms with van der Waals surface area (Å²) < 4.78 is 5.73. The van der Waals surface area contributed by atoms with Gasteiger partial charge in [-0.05, 0) is 13.8 Å². The molecule has 0 amide bonds. The van der Waals surface area contributed by atoms with Crippen LogP contribution in [-0.4, -0.2) is 35.2 Å². The molecule has 22 heavy (non-hydrogen) atoms. The predicted molar refractivity (Wildman–Crippen MR) is 86.4 cm³/mol. The van der Waals surface area contributed by atoms with Gasteiger partial charge in [0, 0.05) is 36.2 Å². The number of nitrogens with zero attached hydrogens (tertiary/aromatic N) is 3. The molecule has 1 fully saturated rings. The Labute approximate surface area is 132 Å². The van der Waals surface area contributed by atoms with Crippen LogP contribution in [0.2, 0.25) is 0 Å². The Morgan fingerprint density at radius 1 is 1.36 bits per heavy atom. The largest absolute Gasteiger partial charge is 0.372 e. The molecule has 6 nitrogen and oxygen atoms in total. The van der Waals surface area contributed by atoms with Crippen molar-refractivity contribution >= 4 is 22.2 Å². The van der Waals surface area contributed by atoms with Gasteiger partial charge in [0.1, 0.15) is 0 Å². The van der Waals surface area contributed by atoms with Crippen molar-refractivity contribution in [2.75, 3.05) is 18.0 Å². The maximum absolute atomic E-state index is 10.9. The highest BCUT2D eigenvalue weighted by Crippen LogP contribution is 2.30. The van der Waals surface area contributed by atoms with Gasteiger partial charge in [0.05, 0.1) is 22.8 Å². The summed E-state index contributed by atoms with van der Waals surface area (Å²) in [5, 5.41) is 13.8. The number of rotatable bonds is 3. The van der Waals surface area contributed by atoms with E-state index >= 15 is 0 Å². The maximum Gasteiger partial charge on any atom is 0.270 e. The third kappa shape index (κ3) is 3.10. The molecule has 0 aliphatic carbocycles. The van der Waals surface area contributed by atoms with Crippen LogP contribution in [0.3, 0.4) is 0 Å². The van der Waals surface area contributed by atoms with E-state index in [2.05, 4.69) is 23.7 Å². The summed E-state index contributed by atoms with van der Waals surface area (Å²) in [6.07, 6.45) is 0.350. The predicted octanol–water partition coefficient (Wildman–Crippen LogP) is 3.33. The van der Waals surface area contributed by atoms with Crippen LogP contribution in [-0.2, 0) is 4.74 Å². The third-order valence-electron chi connectivity index (χ3n) is 3.53. The number of thiazole rings is 1. The molecule has 0 saturated carbocycles. The molecule has 2 heterocycles. The minimum atomic E-state index is -0.387. The first-order valence-electron chi connectivity index (χ1n) is 7.13. The zero-order chi connectivity index (χ0) is 15.7. The number of aromatic nitrogens is 1. The van der Waals surface area contributed by atoms with Gasteiger partial charge in [-0.2, -0.15) is 0 Å². The van der Waals surface area contributed by atoms with Crippen molar-refractivity contribution in [3.05, 3.63) is 39.8 Å². The van der Waals surface area contributed by atoms with Gasteiger partial charge in [0.25, 0.3) is 5.69 Å². The lowest BCUT2D eigenvalue weighted by Gasteiger charge is -2.35. The number of anilines is 1. The van der Waals surface area contributed by atoms with Gasteiger partial charge >= 0.3 is 0 Å². The lowest BCUT2D eigenvalue weighted by atomic mass is 10.1. The smallest absolute Gasteiger partial charge is 0.270 e. The Bertz CT molecular complexity index is 678. The molecule has 2 atom stereocenters. The van der Waals surface area contributed by atoms with E-state index in [1.165, 1.54) is 6.07 Å². The normalized spacial score (nSPS) is 21.8. The van der Waals surface area contributed by atoms with Crippen molar-refractivity contribution in [1.82, 2.24) is 4.98 Å². The summed E-state index contributed by atoms with van der Waals surface area (Å²) in [4.78, 5) is 17.3. The first kappa shape index (κ1) is 14.9. The zero-order valence-corrected chi connectivity index (χ0v) is 13.2. The number of hydrogen-bond donors (Lipinski definition) is 0. The molecule has 0 radical (unpaired) electrons. The van der Waals surface area contributed by atoms with Gasteiger partial charge in [-0.3, -0.25) is 10.1 Å². The summed E-state index contributed by atoms with van der Waals surface area (Å²) in [6.45, 7) is 5.73. The maximum atomic E-state index is 10.9. The molecule has 1 aliphatic heterocycles. The molecule has 0 bridgehead atoms. The molecule has 0 N–H and O–H groups in total. The average molecular weight is 319 g/mol. The van der Waals surface area contributed by atoms with E-state index in [9.17, 15) is 10.1 Å². The second-order valence-corrected chi connectivity index (χ2v) is 6.32. The zero-order valence-electron chi connectivity index (χ0n) is 12.4. The van der Waals surface area contributed by atoms with E-state index in [4.69, 9.17) is 4.74 Å². The quantitative estimate of drug-likeness (QED) is 0.641. The average Bonchev–Trinajstić information content (AvgIpc) is 2.96. The van der Waals surface area contributed by atoms with E-state index < -0.39 is 0 Å². The fraction of sp³-hybridized carbons (Fsp3) is 0.400. The van der Waals surface area contributed by atoms with Gasteiger partial charge in [0.15, 0.2) is 5.13 Å². The molecule has 116 valence electrons. The van der Waals surface area contributed by atoms with Crippen molar-refractivity contribution in [3.8, 4) is 11.3 Å². The Balaban J connectivity index is 1.84. The number of benzene rings is 1. The van der Waals surface area contributed by atoms with Crippen LogP contribution in [0.4, 0.5) is 10.8 Å². The van der Waals surface area contributed by atoms with Crippen LogP contribution in [0.25, 0.3) is 11.3 Å². The lowest BCUT2D eigenvalue weighted by Crippen LogP contribution is -2.45. The summed E-state index contributed by atoms with van der Waals surface area (Å²) in [5.41, 5.74) is 1.63. The van der Waals surface area contributed by atoms with Crippen molar-refractivity contribution in [3.63, 3.8) is 0 Å². The molecule has 1 aliphatic rings. The molecular formula is C15H17N3O3S. The van der Waals surface area contributed by atoms with Gasteiger partial charge in [-0.15, -0.1) is 11.3 Å². The second kappa shape index (κ2) is 6.02. The number of non-ortho nitro benzene ring substituents is 1. The molecule has 3 rings (SSSR count). The van der Waals surface area contributed by atoms with Gasteiger partial charge in [-0.1, -0.05) is 12.1 Å². The first-order chi connectivity index (χ1) is 10.5. The Morgan fingerprint density at radius 3 is 2.77 bits per heavy atom. The van der Waals surface area contributed by atoms with Gasteiger partial charge in [0.2, 0.25) is 0 Å². The topological polar surface area (TPSA) is 68.5 Å². The number of morpholine rings is 1. The highest BCUT2D eigenvalue weighted by molar-refractivity contribution is 7.14. The van der Waals surface area contributed by atoms with Crippen molar-refractivity contribution in [1.29, 1.82) is 0 Å². The van der Waals surface area contributed by atoms with Crippen LogP contribution in [0.15, 0.2) is 29.6 Å². The molecule has 0 spiro atoms. The van der Waals surface area contributed by atoms with E-state index in [1.54, 1.807) is 23.5 Å². The monoisotopic (exact) mass is 319 g/mol. The standard InChI is InChI=1S/C15H17N3O3S/c1-10-7-17(8-11(2)21-10)15-16-14(9-22-15)12-4-3-5-13(6-12)18(19)20/h3-6,9-11H,7-8H2,1-2H3. The fourth-order valence-corrected chi connectivity index (χ4v) is 3.51. The van der Waals surface area contributed by atoms with Crippen LogP contribution in [0, 0.1) is 10.1 Å². The van der Waals surface area contributed by atoms with Crippen molar-refractivity contribution in [2.24, 2.45) is 0 Å². The number of nitro benzene ring substituents is 1. The molecule has 1 aromatic heterocycles. The van der Waals surface area contributed by atoms with Crippen molar-refractivity contribution < 1.29 is 9.66 Å². The van der Waals surface area contributed by atoms with Crippen LogP contribution < -0.4 is 4.90 Å². The minimum Gasteiger partial charge on any atom is -0.372 e. The minimum absolute atomic E-state index is 0.0840. The van der Waals surface area contributed by atoms with Crippen molar-refractivity contribution in [2.45, 2.75) is 26.1 Å². The summed E-state index contributed by atoms with van der Waals surface area (Å²) in [7, 11) is 0. The highest BCUT2D eigenvalue weighted by atomic mass is 32.1. The van der Waals surface area contributed by atoms with E-state index in [-0.39, 0.29) is 22.8 Å². The molecule has 7 heteroatoms. The SMILES string of the molecule is CC1CN(c2nc(-c3cccc([N+](=O)[O-])c3)cs2)CC(C)O1. The molecule has 1 aromatic carbocycles. The Kier molecular flexibility index (Phi) is 4.08. The van der Waals surface area contributed by atoms with E-state index in [0.29, 0.717) is 0 Å². The van der Waals surface area contributed by atoms with Gasteiger partial charge < -0.3 is 9.64 Å². The number of nitro groups is 1. The van der Waals surface area contributed by atoms with Crippen LogP contribution in [0.1, 0.15) is 13.8 Å². The summed E-state index contributed by atoms with van der Waals surface area (Å²) in [5.74, 6) is 0. The van der Waals surface area contributed by atoms with E-state index in [0.717, 1.165) is 29.5 Å². The number of hydrogen-bond acceptors (Lipinski definition) is 6. The van der Waals surface area contributed by atoms with Gasteiger partial charge in [-0.25, -0.2) is 4.98 Å². The lowest BCUT2D eigenvalue weighted by molar-refractivity contribution is -0.384. The van der Waals surface area contributed by atoms with Crippen LogP contribution in [0.5, 0.6) is 0 Å². The summed E-state index contributed by atoms with van der Waals surface area (Å²) in [6, 6.07) is 6.58. The number of ether oxygens (including phenoxy) is 1. The molecule has 2 unspecified atom stereocenters. The first-order valence-corrected chi connectivity index (χ1v) is 8.01. The van der Waals surface area contributed by atoms with Crippen LogP contribution >= 0.6 is 11.3 Å². The second-order valence-electron chi connectivity index (χ2n) is 5.49. The highest BCUT2D eigenvalue weighted by Gasteiger charge is 2.24. The Hall–Kier alpha value is -1.99.